The van der Waals surface area contributed by atoms with E-state index in [1.165, 1.54) is 57.3 Å². The van der Waals surface area contributed by atoms with E-state index >= 15 is 0 Å². The molecule has 0 atom stereocenters. The molecule has 0 radical (unpaired) electrons. The second-order valence-electron chi connectivity index (χ2n) is 8.90. The second-order valence-corrected chi connectivity index (χ2v) is 8.90. The fraction of sp³-hybridized carbons (Fsp3) is 0.650. The van der Waals surface area contributed by atoms with E-state index in [0.29, 0.717) is 17.4 Å². The van der Waals surface area contributed by atoms with E-state index in [2.05, 4.69) is 50.5 Å². The van der Waals surface area contributed by atoms with Crippen LogP contribution in [0.25, 0.3) is 0 Å². The number of hydrogen-bond donors (Lipinski definition) is 2. The molecular formula is C20H29N7. The van der Waals surface area contributed by atoms with Crippen LogP contribution in [0.2, 0.25) is 0 Å². The van der Waals surface area contributed by atoms with Gasteiger partial charge in [-0.25, -0.2) is 4.98 Å². The first-order chi connectivity index (χ1) is 13.1. The van der Waals surface area contributed by atoms with Gasteiger partial charge in [0.1, 0.15) is 5.82 Å². The molecule has 5 rings (SSSR count). The smallest absolute Gasteiger partial charge is 0.227 e. The number of anilines is 3. The SMILES string of the molecule is CN1CC2(CC(N(C)c3nccc(Nc4cc(C5CCCC5)[nH]n4)n3)C2)C1. The molecule has 1 aliphatic heterocycles. The molecule has 3 aliphatic rings. The van der Waals surface area contributed by atoms with Crippen LogP contribution in [-0.4, -0.2) is 58.3 Å². The zero-order chi connectivity index (χ0) is 18.4. The molecule has 2 aliphatic carbocycles. The lowest BCUT2D eigenvalue weighted by Crippen LogP contribution is -2.65. The minimum absolute atomic E-state index is 0.549. The van der Waals surface area contributed by atoms with E-state index in [1.807, 2.05) is 12.3 Å². The van der Waals surface area contributed by atoms with Crippen molar-refractivity contribution in [2.75, 3.05) is 37.4 Å². The standard InChI is InChI=1S/C20H29N7/c1-26-12-20(13-26)10-15(11-20)27(2)19-21-8-7-17(23-19)22-18-9-16(24-25-18)14-5-3-4-6-14/h7-9,14-15H,3-6,10-13H2,1-2H3,(H2,21,22,23,24,25). The summed E-state index contributed by atoms with van der Waals surface area (Å²) < 4.78 is 0. The molecule has 2 saturated carbocycles. The van der Waals surface area contributed by atoms with Crippen LogP contribution in [0.3, 0.4) is 0 Å². The zero-order valence-electron chi connectivity index (χ0n) is 16.3. The lowest BCUT2D eigenvalue weighted by Gasteiger charge is -2.59. The molecule has 0 amide bonds. The summed E-state index contributed by atoms with van der Waals surface area (Å²) in [5.74, 6) is 3.06. The molecule has 2 aromatic rings. The number of hydrogen-bond acceptors (Lipinski definition) is 6. The summed E-state index contributed by atoms with van der Waals surface area (Å²) in [6, 6.07) is 4.59. The van der Waals surface area contributed by atoms with Gasteiger partial charge in [-0.1, -0.05) is 12.8 Å². The average molecular weight is 368 g/mol. The lowest BCUT2D eigenvalue weighted by molar-refractivity contribution is -0.0571. The van der Waals surface area contributed by atoms with Gasteiger partial charge < -0.3 is 15.1 Å². The van der Waals surface area contributed by atoms with Gasteiger partial charge >= 0.3 is 0 Å². The number of nitrogens with zero attached hydrogens (tertiary/aromatic N) is 5. The molecule has 0 aromatic carbocycles. The normalized spacial score (nSPS) is 22.6. The number of likely N-dealkylation sites (tertiary alicyclic amines) is 1. The van der Waals surface area contributed by atoms with E-state index in [9.17, 15) is 0 Å². The van der Waals surface area contributed by atoms with Crippen LogP contribution >= 0.6 is 0 Å². The maximum absolute atomic E-state index is 4.72. The highest BCUT2D eigenvalue weighted by atomic mass is 15.3. The predicted octanol–water partition coefficient (Wildman–Crippen LogP) is 3.13. The van der Waals surface area contributed by atoms with E-state index in [-0.39, 0.29) is 0 Å². The molecule has 1 spiro atoms. The molecule has 3 fully saturated rings. The minimum Gasteiger partial charge on any atom is -0.341 e. The van der Waals surface area contributed by atoms with Gasteiger partial charge in [-0.05, 0) is 44.2 Å². The molecule has 2 N–H and O–H groups in total. The highest BCUT2D eigenvalue weighted by Gasteiger charge is 2.52. The third kappa shape index (κ3) is 3.18. The minimum atomic E-state index is 0.549. The van der Waals surface area contributed by atoms with Gasteiger partial charge in [-0.3, -0.25) is 5.10 Å². The van der Waals surface area contributed by atoms with Crippen LogP contribution in [0.1, 0.15) is 50.1 Å². The Hall–Kier alpha value is -2.15. The molecule has 27 heavy (non-hydrogen) atoms. The van der Waals surface area contributed by atoms with Gasteiger partial charge in [0.05, 0.1) is 0 Å². The molecule has 7 nitrogen and oxygen atoms in total. The Morgan fingerprint density at radius 2 is 2.00 bits per heavy atom. The molecule has 7 heteroatoms. The Bertz CT molecular complexity index is 796. The fourth-order valence-corrected chi connectivity index (χ4v) is 5.30. The van der Waals surface area contributed by atoms with Gasteiger partial charge in [-0.15, -0.1) is 0 Å². The fourth-order valence-electron chi connectivity index (χ4n) is 5.30. The Labute approximate surface area is 160 Å². The summed E-state index contributed by atoms with van der Waals surface area (Å²) in [6.07, 6.45) is 9.51. The van der Waals surface area contributed by atoms with E-state index < -0.39 is 0 Å². The number of aromatic nitrogens is 4. The number of rotatable bonds is 5. The molecule has 0 unspecified atom stereocenters. The first-order valence-electron chi connectivity index (χ1n) is 10.2. The first kappa shape index (κ1) is 17.0. The molecule has 144 valence electrons. The summed E-state index contributed by atoms with van der Waals surface area (Å²) >= 11 is 0. The van der Waals surface area contributed by atoms with Crippen LogP contribution in [0.4, 0.5) is 17.6 Å². The zero-order valence-corrected chi connectivity index (χ0v) is 16.3. The molecule has 3 heterocycles. The van der Waals surface area contributed by atoms with Gasteiger partial charge in [0.2, 0.25) is 5.95 Å². The Morgan fingerprint density at radius 3 is 2.74 bits per heavy atom. The molecule has 1 saturated heterocycles. The Kier molecular flexibility index (Phi) is 4.07. The maximum Gasteiger partial charge on any atom is 0.227 e. The average Bonchev–Trinajstić information content (AvgIpc) is 3.28. The molecule has 2 aromatic heterocycles. The number of H-pyrrole nitrogens is 1. The summed E-state index contributed by atoms with van der Waals surface area (Å²) in [5.41, 5.74) is 1.81. The van der Waals surface area contributed by atoms with Gasteiger partial charge in [0, 0.05) is 50.1 Å². The third-order valence-electron chi connectivity index (χ3n) is 6.70. The Balaban J connectivity index is 1.23. The summed E-state index contributed by atoms with van der Waals surface area (Å²) in [7, 11) is 4.32. The van der Waals surface area contributed by atoms with Crippen LogP contribution < -0.4 is 10.2 Å². The number of nitrogens with one attached hydrogen (secondary N) is 2. The van der Waals surface area contributed by atoms with Crippen LogP contribution in [0.15, 0.2) is 18.3 Å². The van der Waals surface area contributed by atoms with E-state index in [0.717, 1.165) is 17.6 Å². The second kappa shape index (κ2) is 6.48. The van der Waals surface area contributed by atoms with Crippen molar-refractivity contribution in [2.24, 2.45) is 5.41 Å². The van der Waals surface area contributed by atoms with Crippen molar-refractivity contribution >= 4 is 17.6 Å². The monoisotopic (exact) mass is 367 g/mol. The van der Waals surface area contributed by atoms with Crippen LogP contribution in [0, 0.1) is 5.41 Å². The maximum atomic E-state index is 4.72. The highest BCUT2D eigenvalue weighted by Crippen LogP contribution is 2.49. The van der Waals surface area contributed by atoms with Crippen molar-refractivity contribution in [2.45, 2.75) is 50.5 Å². The van der Waals surface area contributed by atoms with Crippen molar-refractivity contribution < 1.29 is 0 Å². The Morgan fingerprint density at radius 1 is 1.22 bits per heavy atom. The lowest BCUT2D eigenvalue weighted by atomic mass is 9.60. The summed E-state index contributed by atoms with van der Waals surface area (Å²) in [6.45, 7) is 2.48. The first-order valence-corrected chi connectivity index (χ1v) is 10.2. The predicted molar refractivity (Wildman–Crippen MR) is 106 cm³/mol. The molecular weight excluding hydrogens is 338 g/mol. The molecule has 0 bridgehead atoms. The highest BCUT2D eigenvalue weighted by molar-refractivity contribution is 5.53. The topological polar surface area (TPSA) is 73.0 Å². The van der Waals surface area contributed by atoms with Gasteiger partial charge in [0.15, 0.2) is 5.82 Å². The quantitative estimate of drug-likeness (QED) is 0.846. The van der Waals surface area contributed by atoms with Gasteiger partial charge in [0.25, 0.3) is 0 Å². The largest absolute Gasteiger partial charge is 0.341 e. The third-order valence-corrected chi connectivity index (χ3v) is 6.70. The van der Waals surface area contributed by atoms with Crippen LogP contribution in [0.5, 0.6) is 0 Å². The number of aromatic amines is 1. The van der Waals surface area contributed by atoms with Crippen molar-refractivity contribution in [1.82, 2.24) is 25.1 Å². The summed E-state index contributed by atoms with van der Waals surface area (Å²) in [4.78, 5) is 13.9. The van der Waals surface area contributed by atoms with Gasteiger partial charge in [-0.2, -0.15) is 10.1 Å². The van der Waals surface area contributed by atoms with Crippen molar-refractivity contribution in [1.29, 1.82) is 0 Å². The van der Waals surface area contributed by atoms with Crippen molar-refractivity contribution in [3.8, 4) is 0 Å². The van der Waals surface area contributed by atoms with E-state index in [1.54, 1.807) is 0 Å². The van der Waals surface area contributed by atoms with Crippen LogP contribution in [-0.2, 0) is 0 Å². The van der Waals surface area contributed by atoms with Crippen molar-refractivity contribution in [3.05, 3.63) is 24.0 Å². The van der Waals surface area contributed by atoms with E-state index in [4.69, 9.17) is 4.98 Å². The van der Waals surface area contributed by atoms with Crippen molar-refractivity contribution in [3.63, 3.8) is 0 Å². The summed E-state index contributed by atoms with van der Waals surface area (Å²) in [5, 5.41) is 11.0.